The number of piperazine rings is 1. The van der Waals surface area contributed by atoms with Crippen LogP contribution in [0.5, 0.6) is 0 Å². The molecule has 0 N–H and O–H groups in total. The molecule has 2 aromatic carbocycles. The Hall–Kier alpha value is -3.62. The molecule has 2 aliphatic rings. The molecule has 0 radical (unpaired) electrons. The summed E-state index contributed by atoms with van der Waals surface area (Å²) in [5.41, 5.74) is 4.56. The van der Waals surface area contributed by atoms with E-state index in [1.807, 2.05) is 11.8 Å². The van der Waals surface area contributed by atoms with Crippen molar-refractivity contribution in [3.63, 3.8) is 0 Å². The van der Waals surface area contributed by atoms with Crippen molar-refractivity contribution in [3.8, 4) is 11.4 Å². The Morgan fingerprint density at radius 2 is 1.77 bits per heavy atom. The highest BCUT2D eigenvalue weighted by Gasteiger charge is 2.36. The van der Waals surface area contributed by atoms with Gasteiger partial charge in [-0.3, -0.25) is 4.79 Å². The topological polar surface area (TPSA) is 52.6 Å². The van der Waals surface area contributed by atoms with Crippen LogP contribution in [0, 0.1) is 6.92 Å². The average Bonchev–Trinajstić information content (AvgIpc) is 2.91. The number of rotatable bonds is 4. The molecular formula is C31H36F3N5O. The van der Waals surface area contributed by atoms with Gasteiger partial charge in [0.15, 0.2) is 5.82 Å². The number of benzene rings is 2. The first-order valence-electron chi connectivity index (χ1n) is 13.9. The van der Waals surface area contributed by atoms with E-state index in [0.29, 0.717) is 50.9 Å². The SMILES string of the molecule is CC(=O)N1CCN(c2nc(-c3ccccc3C(F)(F)F)nc3c2CN(c2cc(C(C)C)ccc2C)CC3)C[C@H]1C. The molecule has 9 heteroatoms. The summed E-state index contributed by atoms with van der Waals surface area (Å²) in [5, 5.41) is 0. The highest BCUT2D eigenvalue weighted by atomic mass is 19.4. The highest BCUT2D eigenvalue weighted by molar-refractivity contribution is 5.74. The Bertz CT molecular complexity index is 1420. The predicted molar refractivity (Wildman–Crippen MR) is 152 cm³/mol. The summed E-state index contributed by atoms with van der Waals surface area (Å²) in [6, 6.07) is 12.0. The lowest BCUT2D eigenvalue weighted by Gasteiger charge is -2.42. The second kappa shape index (κ2) is 10.7. The average molecular weight is 552 g/mol. The number of hydrogen-bond donors (Lipinski definition) is 0. The van der Waals surface area contributed by atoms with E-state index in [1.54, 1.807) is 13.0 Å². The van der Waals surface area contributed by atoms with Gasteiger partial charge in [-0.2, -0.15) is 13.2 Å². The van der Waals surface area contributed by atoms with Crippen LogP contribution in [0.15, 0.2) is 42.5 Å². The van der Waals surface area contributed by atoms with Gasteiger partial charge in [-0.25, -0.2) is 9.97 Å². The molecular weight excluding hydrogens is 515 g/mol. The molecule has 212 valence electrons. The number of nitrogens with zero attached hydrogens (tertiary/aromatic N) is 5. The van der Waals surface area contributed by atoms with Crippen molar-refractivity contribution in [1.29, 1.82) is 0 Å². The molecule has 1 amide bonds. The quantitative estimate of drug-likeness (QED) is 0.386. The molecule has 1 aromatic heterocycles. The summed E-state index contributed by atoms with van der Waals surface area (Å²) in [5.74, 6) is 1.16. The first-order valence-corrected chi connectivity index (χ1v) is 13.9. The lowest BCUT2D eigenvalue weighted by atomic mass is 9.98. The van der Waals surface area contributed by atoms with Gasteiger partial charge in [0, 0.05) is 68.9 Å². The van der Waals surface area contributed by atoms with Crippen LogP contribution in [-0.4, -0.2) is 53.0 Å². The van der Waals surface area contributed by atoms with Gasteiger partial charge in [-0.15, -0.1) is 0 Å². The van der Waals surface area contributed by atoms with Crippen LogP contribution in [0.2, 0.25) is 0 Å². The van der Waals surface area contributed by atoms with E-state index in [9.17, 15) is 18.0 Å². The van der Waals surface area contributed by atoms with Gasteiger partial charge in [-0.05, 0) is 43.0 Å². The molecule has 1 fully saturated rings. The maximum atomic E-state index is 14.0. The van der Waals surface area contributed by atoms with E-state index < -0.39 is 11.7 Å². The largest absolute Gasteiger partial charge is 0.417 e. The van der Waals surface area contributed by atoms with Crippen LogP contribution in [0.1, 0.15) is 61.6 Å². The molecule has 6 nitrogen and oxygen atoms in total. The summed E-state index contributed by atoms with van der Waals surface area (Å²) in [6.07, 6.45) is -3.92. The Kier molecular flexibility index (Phi) is 7.50. The molecule has 1 saturated heterocycles. The van der Waals surface area contributed by atoms with Crippen molar-refractivity contribution >= 4 is 17.4 Å². The van der Waals surface area contributed by atoms with Crippen LogP contribution in [-0.2, 0) is 23.9 Å². The van der Waals surface area contributed by atoms with E-state index in [2.05, 4.69) is 48.8 Å². The Morgan fingerprint density at radius 1 is 1.02 bits per heavy atom. The maximum Gasteiger partial charge on any atom is 0.417 e. The maximum absolute atomic E-state index is 14.0. The minimum atomic E-state index is -4.52. The number of alkyl halides is 3. The molecule has 0 spiro atoms. The number of aromatic nitrogens is 2. The van der Waals surface area contributed by atoms with Gasteiger partial charge in [-0.1, -0.05) is 44.2 Å². The molecule has 0 bridgehead atoms. The number of anilines is 2. The third kappa shape index (κ3) is 5.38. The number of fused-ring (bicyclic) bond motifs is 1. The zero-order valence-corrected chi connectivity index (χ0v) is 23.7. The normalized spacial score (nSPS) is 17.8. The zero-order chi connectivity index (χ0) is 28.8. The first-order chi connectivity index (χ1) is 18.9. The summed E-state index contributed by atoms with van der Waals surface area (Å²) >= 11 is 0. The molecule has 1 atom stereocenters. The molecule has 0 saturated carbocycles. The Labute approximate surface area is 233 Å². The van der Waals surface area contributed by atoms with Crippen LogP contribution in [0.4, 0.5) is 24.7 Å². The van der Waals surface area contributed by atoms with Crippen molar-refractivity contribution in [2.45, 2.75) is 65.7 Å². The standard InChI is InChI=1S/C31H36F3N5O/c1-19(2)23-11-10-20(3)28(16-23)37-13-12-27-25(18-37)30(38-14-15-39(22(5)40)21(4)17-38)36-29(35-27)24-8-6-7-9-26(24)31(32,33)34/h6-11,16,19,21H,12-15,17-18H2,1-5H3/t21-/m1/s1. The van der Waals surface area contributed by atoms with Crippen LogP contribution in [0.3, 0.4) is 0 Å². The smallest absolute Gasteiger partial charge is 0.366 e. The van der Waals surface area contributed by atoms with Gasteiger partial charge in [0.25, 0.3) is 0 Å². The Morgan fingerprint density at radius 3 is 2.45 bits per heavy atom. The number of hydrogen-bond acceptors (Lipinski definition) is 5. The molecule has 3 aromatic rings. The minimum Gasteiger partial charge on any atom is -0.366 e. The molecule has 2 aliphatic heterocycles. The van der Waals surface area contributed by atoms with Crippen LogP contribution >= 0.6 is 0 Å². The summed E-state index contributed by atoms with van der Waals surface area (Å²) in [6.45, 7) is 12.9. The molecule has 0 aliphatic carbocycles. The third-order valence-electron chi connectivity index (χ3n) is 8.08. The van der Waals surface area contributed by atoms with Gasteiger partial charge in [0.2, 0.25) is 5.91 Å². The van der Waals surface area contributed by atoms with E-state index in [1.165, 1.54) is 23.3 Å². The molecule has 0 unspecified atom stereocenters. The number of halogens is 3. The minimum absolute atomic E-state index is 0.0163. The Balaban J connectivity index is 1.60. The van der Waals surface area contributed by atoms with Gasteiger partial charge in [0.1, 0.15) is 5.82 Å². The molecule has 5 rings (SSSR count). The third-order valence-corrected chi connectivity index (χ3v) is 8.08. The van der Waals surface area contributed by atoms with E-state index in [4.69, 9.17) is 9.97 Å². The van der Waals surface area contributed by atoms with Gasteiger partial charge < -0.3 is 14.7 Å². The molecule has 40 heavy (non-hydrogen) atoms. The van der Waals surface area contributed by atoms with E-state index >= 15 is 0 Å². The highest BCUT2D eigenvalue weighted by Crippen LogP contribution is 2.39. The summed E-state index contributed by atoms with van der Waals surface area (Å²) in [4.78, 5) is 28.0. The second-order valence-electron chi connectivity index (χ2n) is 11.2. The fraction of sp³-hybridized carbons (Fsp3) is 0.452. The van der Waals surface area contributed by atoms with Crippen molar-refractivity contribution in [2.75, 3.05) is 36.0 Å². The van der Waals surface area contributed by atoms with Gasteiger partial charge in [0.05, 0.1) is 11.3 Å². The lowest BCUT2D eigenvalue weighted by molar-refractivity contribution is -0.137. The number of carbonyl (C=O) groups is 1. The van der Waals surface area contributed by atoms with Crippen molar-refractivity contribution < 1.29 is 18.0 Å². The number of carbonyl (C=O) groups excluding carboxylic acids is 1. The molecule has 3 heterocycles. The van der Waals surface area contributed by atoms with Crippen molar-refractivity contribution in [3.05, 3.63) is 70.4 Å². The summed E-state index contributed by atoms with van der Waals surface area (Å²) in [7, 11) is 0. The second-order valence-corrected chi connectivity index (χ2v) is 11.2. The van der Waals surface area contributed by atoms with Crippen molar-refractivity contribution in [1.82, 2.24) is 14.9 Å². The van der Waals surface area contributed by atoms with Gasteiger partial charge >= 0.3 is 6.18 Å². The number of amides is 1. The predicted octanol–water partition coefficient (Wildman–Crippen LogP) is 6.21. The van der Waals surface area contributed by atoms with E-state index in [-0.39, 0.29) is 23.3 Å². The lowest BCUT2D eigenvalue weighted by Crippen LogP contribution is -2.54. The fourth-order valence-electron chi connectivity index (χ4n) is 5.85. The number of aryl methyl sites for hydroxylation is 1. The summed E-state index contributed by atoms with van der Waals surface area (Å²) < 4.78 is 41.9. The first kappa shape index (κ1) is 27.9. The fourth-order valence-corrected chi connectivity index (χ4v) is 5.85. The van der Waals surface area contributed by atoms with Crippen LogP contribution < -0.4 is 9.80 Å². The zero-order valence-electron chi connectivity index (χ0n) is 23.7. The van der Waals surface area contributed by atoms with E-state index in [0.717, 1.165) is 23.0 Å². The monoisotopic (exact) mass is 551 g/mol. The van der Waals surface area contributed by atoms with Crippen molar-refractivity contribution in [2.24, 2.45) is 0 Å². The van der Waals surface area contributed by atoms with Crippen LogP contribution in [0.25, 0.3) is 11.4 Å².